The Hall–Kier alpha value is -1.42. The van der Waals surface area contributed by atoms with Crippen molar-refractivity contribution in [3.05, 3.63) is 35.6 Å². The second kappa shape index (κ2) is 6.56. The molecule has 0 aromatic heterocycles. The number of nitrogens with zero attached hydrogens (tertiary/aromatic N) is 1. The fourth-order valence-electron chi connectivity index (χ4n) is 2.96. The number of benzene rings is 1. The lowest BCUT2D eigenvalue weighted by atomic mass is 10.1. The molecule has 3 nitrogen and oxygen atoms in total. The maximum absolute atomic E-state index is 12.9. The number of rotatable bonds is 6. The van der Waals surface area contributed by atoms with E-state index in [4.69, 9.17) is 0 Å². The van der Waals surface area contributed by atoms with E-state index in [1.54, 1.807) is 12.1 Å². The molecule has 0 radical (unpaired) electrons. The molecule has 1 aliphatic carbocycles. The number of amides is 1. The second-order valence-electron chi connectivity index (χ2n) is 6.34. The quantitative estimate of drug-likeness (QED) is 0.872. The van der Waals surface area contributed by atoms with Gasteiger partial charge in [-0.3, -0.25) is 4.79 Å². The third-order valence-electron chi connectivity index (χ3n) is 4.40. The molecule has 1 aliphatic heterocycles. The minimum Gasteiger partial charge on any atom is -0.341 e. The number of hydrogen-bond donors (Lipinski definition) is 1. The van der Waals surface area contributed by atoms with E-state index in [1.807, 2.05) is 4.90 Å². The van der Waals surface area contributed by atoms with Crippen LogP contribution in [0.1, 0.15) is 31.2 Å². The Bertz CT molecular complexity index is 478. The first-order valence-electron chi connectivity index (χ1n) is 7.96. The van der Waals surface area contributed by atoms with E-state index >= 15 is 0 Å². The highest BCUT2D eigenvalue weighted by atomic mass is 19.1. The van der Waals surface area contributed by atoms with Gasteiger partial charge in [0.25, 0.3) is 0 Å². The number of nitrogens with one attached hydrogen (secondary N) is 1. The van der Waals surface area contributed by atoms with Crippen LogP contribution in [0.2, 0.25) is 0 Å². The summed E-state index contributed by atoms with van der Waals surface area (Å²) in [5.74, 6) is 0.613. The summed E-state index contributed by atoms with van der Waals surface area (Å²) < 4.78 is 12.9. The minimum atomic E-state index is -0.254. The van der Waals surface area contributed by atoms with Gasteiger partial charge in [0.1, 0.15) is 5.82 Å². The molecule has 1 heterocycles. The molecular formula is C17H23FN2O. The van der Waals surface area contributed by atoms with Gasteiger partial charge in [-0.1, -0.05) is 12.1 Å². The van der Waals surface area contributed by atoms with E-state index in [-0.39, 0.29) is 11.7 Å². The van der Waals surface area contributed by atoms with Crippen LogP contribution in [0.15, 0.2) is 24.3 Å². The Balaban J connectivity index is 1.60. The molecule has 1 unspecified atom stereocenters. The average molecular weight is 290 g/mol. The maximum Gasteiger partial charge on any atom is 0.227 e. The minimum absolute atomic E-state index is 0.169. The van der Waals surface area contributed by atoms with Crippen molar-refractivity contribution < 1.29 is 9.18 Å². The first-order chi connectivity index (χ1) is 10.2. The average Bonchev–Trinajstić information content (AvgIpc) is 3.14. The number of carbonyl (C=O) groups excluding carboxylic acids is 1. The number of hydrogen-bond acceptors (Lipinski definition) is 2. The van der Waals surface area contributed by atoms with Gasteiger partial charge in [-0.2, -0.15) is 0 Å². The highest BCUT2D eigenvalue weighted by molar-refractivity contribution is 5.78. The van der Waals surface area contributed by atoms with Gasteiger partial charge in [-0.25, -0.2) is 4.39 Å². The molecular weight excluding hydrogens is 267 g/mol. The molecule has 1 amide bonds. The van der Waals surface area contributed by atoms with Crippen LogP contribution in [-0.4, -0.2) is 36.5 Å². The summed E-state index contributed by atoms with van der Waals surface area (Å²) in [5.41, 5.74) is 0.890. The molecule has 0 spiro atoms. The third-order valence-corrected chi connectivity index (χ3v) is 4.40. The van der Waals surface area contributed by atoms with Crippen LogP contribution in [0.3, 0.4) is 0 Å². The lowest BCUT2D eigenvalue weighted by Gasteiger charge is -2.26. The van der Waals surface area contributed by atoms with Crippen LogP contribution in [0.25, 0.3) is 0 Å². The Morgan fingerprint density at radius 3 is 2.57 bits per heavy atom. The fourth-order valence-corrected chi connectivity index (χ4v) is 2.96. The SMILES string of the molecule is O=C(Cc1ccc(F)cc1)N(CC1CC1)CC1CCCN1. The van der Waals surface area contributed by atoms with Crippen LogP contribution in [0.5, 0.6) is 0 Å². The molecule has 1 saturated heterocycles. The largest absolute Gasteiger partial charge is 0.341 e. The maximum atomic E-state index is 12.9. The monoisotopic (exact) mass is 290 g/mol. The smallest absolute Gasteiger partial charge is 0.227 e. The van der Waals surface area contributed by atoms with Crippen LogP contribution >= 0.6 is 0 Å². The summed E-state index contributed by atoms with van der Waals surface area (Å²) in [6.45, 7) is 2.77. The second-order valence-corrected chi connectivity index (χ2v) is 6.34. The first kappa shape index (κ1) is 14.5. The lowest BCUT2D eigenvalue weighted by Crippen LogP contribution is -2.42. The predicted octanol–water partition coefficient (Wildman–Crippen LogP) is 2.36. The normalized spacial score (nSPS) is 21.5. The molecule has 1 saturated carbocycles. The van der Waals surface area contributed by atoms with E-state index in [1.165, 1.54) is 31.4 Å². The molecule has 2 aliphatic rings. The van der Waals surface area contributed by atoms with Gasteiger partial charge in [-0.05, 0) is 55.8 Å². The van der Waals surface area contributed by atoms with Crippen LogP contribution in [-0.2, 0) is 11.2 Å². The van der Waals surface area contributed by atoms with Crippen LogP contribution in [0.4, 0.5) is 4.39 Å². The van der Waals surface area contributed by atoms with Gasteiger partial charge in [0.15, 0.2) is 0 Å². The highest BCUT2D eigenvalue weighted by Gasteiger charge is 2.28. The Morgan fingerprint density at radius 2 is 1.95 bits per heavy atom. The van der Waals surface area contributed by atoms with Crippen LogP contribution < -0.4 is 5.32 Å². The molecule has 3 rings (SSSR count). The Kier molecular flexibility index (Phi) is 4.54. The lowest BCUT2D eigenvalue weighted by molar-refractivity contribution is -0.131. The zero-order chi connectivity index (χ0) is 14.7. The summed E-state index contributed by atoms with van der Waals surface area (Å²) in [7, 11) is 0. The van der Waals surface area contributed by atoms with E-state index in [0.717, 1.165) is 31.6 Å². The van der Waals surface area contributed by atoms with Gasteiger partial charge >= 0.3 is 0 Å². The van der Waals surface area contributed by atoms with Crippen molar-refractivity contribution in [1.29, 1.82) is 0 Å². The topological polar surface area (TPSA) is 32.3 Å². The third kappa shape index (κ3) is 4.27. The molecule has 1 atom stereocenters. The Morgan fingerprint density at radius 1 is 1.19 bits per heavy atom. The molecule has 4 heteroatoms. The van der Waals surface area contributed by atoms with Crippen molar-refractivity contribution in [1.82, 2.24) is 10.2 Å². The first-order valence-corrected chi connectivity index (χ1v) is 7.96. The Labute approximate surface area is 125 Å². The van der Waals surface area contributed by atoms with Crippen molar-refractivity contribution in [2.24, 2.45) is 5.92 Å². The zero-order valence-electron chi connectivity index (χ0n) is 12.4. The van der Waals surface area contributed by atoms with Crippen molar-refractivity contribution in [3.63, 3.8) is 0 Å². The summed E-state index contributed by atoms with van der Waals surface area (Å²) in [5, 5.41) is 3.46. The predicted molar refractivity (Wildman–Crippen MR) is 80.4 cm³/mol. The van der Waals surface area contributed by atoms with Crippen molar-refractivity contribution in [3.8, 4) is 0 Å². The van der Waals surface area contributed by atoms with Gasteiger partial charge in [0.05, 0.1) is 6.42 Å². The molecule has 2 fully saturated rings. The standard InChI is InChI=1S/C17H23FN2O/c18-15-7-5-13(6-8-15)10-17(21)20(11-14-3-4-14)12-16-2-1-9-19-16/h5-8,14,16,19H,1-4,9-12H2. The summed E-state index contributed by atoms with van der Waals surface area (Å²) in [6.07, 6.45) is 5.23. The highest BCUT2D eigenvalue weighted by Crippen LogP contribution is 2.30. The van der Waals surface area contributed by atoms with Gasteiger partial charge in [0.2, 0.25) is 5.91 Å². The van der Waals surface area contributed by atoms with Gasteiger partial charge in [0, 0.05) is 19.1 Å². The number of carbonyl (C=O) groups is 1. The zero-order valence-corrected chi connectivity index (χ0v) is 12.4. The van der Waals surface area contributed by atoms with Crippen LogP contribution in [0, 0.1) is 11.7 Å². The molecule has 0 bridgehead atoms. The van der Waals surface area contributed by atoms with Gasteiger partial charge < -0.3 is 10.2 Å². The van der Waals surface area contributed by atoms with E-state index in [9.17, 15) is 9.18 Å². The van der Waals surface area contributed by atoms with E-state index in [2.05, 4.69) is 5.32 Å². The molecule has 114 valence electrons. The summed E-state index contributed by atoms with van der Waals surface area (Å²) in [6, 6.07) is 6.70. The van der Waals surface area contributed by atoms with E-state index < -0.39 is 0 Å². The van der Waals surface area contributed by atoms with E-state index in [0.29, 0.717) is 18.4 Å². The molecule has 21 heavy (non-hydrogen) atoms. The number of halogens is 1. The summed E-state index contributed by atoms with van der Waals surface area (Å²) in [4.78, 5) is 14.6. The fraction of sp³-hybridized carbons (Fsp3) is 0.588. The molecule has 1 N–H and O–H groups in total. The van der Waals surface area contributed by atoms with Crippen molar-refractivity contribution in [2.45, 2.75) is 38.1 Å². The molecule has 1 aromatic carbocycles. The summed E-state index contributed by atoms with van der Waals surface area (Å²) >= 11 is 0. The molecule has 1 aromatic rings. The van der Waals surface area contributed by atoms with Crippen molar-refractivity contribution >= 4 is 5.91 Å². The van der Waals surface area contributed by atoms with Gasteiger partial charge in [-0.15, -0.1) is 0 Å². The van der Waals surface area contributed by atoms with Crippen molar-refractivity contribution in [2.75, 3.05) is 19.6 Å².